The van der Waals surface area contributed by atoms with Gasteiger partial charge in [0.2, 0.25) is 5.91 Å². The normalized spacial score (nSPS) is 22.0. The van der Waals surface area contributed by atoms with Gasteiger partial charge in [0.05, 0.1) is 13.2 Å². The minimum absolute atomic E-state index is 0.136. The predicted octanol–water partition coefficient (Wildman–Crippen LogP) is 3.16. The maximum absolute atomic E-state index is 11.7. The molecule has 3 rings (SSSR count). The van der Waals surface area contributed by atoms with Gasteiger partial charge < -0.3 is 4.74 Å². The van der Waals surface area contributed by atoms with Crippen molar-refractivity contribution >= 4 is 22.9 Å². The van der Waals surface area contributed by atoms with E-state index < -0.39 is 22.7 Å². The van der Waals surface area contributed by atoms with Crippen molar-refractivity contribution in [3.05, 3.63) is 59.4 Å². The Bertz CT molecular complexity index is 869. The molecule has 1 atom stereocenters. The van der Waals surface area contributed by atoms with Gasteiger partial charge in [0.15, 0.2) is 0 Å². The second-order valence-corrected chi connectivity index (χ2v) is 6.54. The molecule has 25 heavy (non-hydrogen) atoms. The number of nitrogens with zero attached hydrogens (tertiary/aromatic N) is 1. The van der Waals surface area contributed by atoms with Crippen LogP contribution in [0.3, 0.4) is 0 Å². The number of aromatic nitrogens is 1. The first-order valence-electron chi connectivity index (χ1n) is 9.37. The maximum atomic E-state index is 11.7. The van der Waals surface area contributed by atoms with Crippen molar-refractivity contribution in [3.63, 3.8) is 0 Å². The first kappa shape index (κ1) is 13.9. The molecule has 1 aliphatic heterocycles. The van der Waals surface area contributed by atoms with E-state index in [-0.39, 0.29) is 6.42 Å². The van der Waals surface area contributed by atoms with E-state index in [1.165, 1.54) is 6.92 Å². The number of nitrogens with one attached hydrogen (secondary N) is 1. The van der Waals surface area contributed by atoms with Crippen LogP contribution in [0.5, 0.6) is 5.75 Å². The lowest BCUT2D eigenvalue weighted by atomic mass is 10.1. The van der Waals surface area contributed by atoms with Gasteiger partial charge in [-0.3, -0.25) is 19.9 Å². The third-order valence-corrected chi connectivity index (χ3v) is 4.58. The number of carbonyl (C=O) groups is 2. The van der Waals surface area contributed by atoms with Gasteiger partial charge in [0.25, 0.3) is 5.24 Å². The van der Waals surface area contributed by atoms with Crippen LogP contribution in [0, 0.1) is 0 Å². The molecule has 0 unspecified atom stereocenters. The van der Waals surface area contributed by atoms with Crippen LogP contribution in [-0.4, -0.2) is 28.0 Å². The van der Waals surface area contributed by atoms with Crippen molar-refractivity contribution in [2.75, 3.05) is 6.61 Å². The lowest BCUT2D eigenvalue weighted by Gasteiger charge is -2.09. The van der Waals surface area contributed by atoms with Gasteiger partial charge in [-0.2, -0.15) is 0 Å². The number of hydrogen-bond donors (Lipinski definition) is 1. The number of benzene rings is 1. The summed E-state index contributed by atoms with van der Waals surface area (Å²) >= 11 is 0.694. The van der Waals surface area contributed by atoms with E-state index >= 15 is 0 Å². The molecule has 1 saturated heterocycles. The number of carbonyl (C=O) groups excluding carboxylic acids is 2. The van der Waals surface area contributed by atoms with Gasteiger partial charge in [-0.25, -0.2) is 0 Å². The molecule has 5 nitrogen and oxygen atoms in total. The SMILES string of the molecule is [2H]C([2H])(C)c1ccc(CCOc2ccc(C[C@]3([2H])SC(=O)NC3=O)cc2)nc1. The fourth-order valence-corrected chi connectivity index (χ4v) is 3.10. The molecule has 0 bridgehead atoms. The third-order valence-electron chi connectivity index (χ3n) is 3.71. The topological polar surface area (TPSA) is 68.3 Å². The van der Waals surface area contributed by atoms with Gasteiger partial charge in [-0.1, -0.05) is 36.9 Å². The summed E-state index contributed by atoms with van der Waals surface area (Å²) in [6.45, 7) is 1.91. The largest absolute Gasteiger partial charge is 0.493 e. The van der Waals surface area contributed by atoms with Gasteiger partial charge in [-0.05, 0) is 42.1 Å². The maximum Gasteiger partial charge on any atom is 0.286 e. The highest BCUT2D eigenvalue weighted by atomic mass is 32.2. The van der Waals surface area contributed by atoms with E-state index in [1.54, 1.807) is 42.6 Å². The van der Waals surface area contributed by atoms with Crippen LogP contribution in [0.1, 0.15) is 27.9 Å². The highest BCUT2D eigenvalue weighted by Crippen LogP contribution is 2.23. The molecule has 2 amide bonds. The third kappa shape index (κ3) is 4.82. The van der Waals surface area contributed by atoms with Gasteiger partial charge in [0.1, 0.15) is 5.75 Å². The lowest BCUT2D eigenvalue weighted by molar-refractivity contribution is -0.118. The zero-order chi connectivity index (χ0) is 20.4. The van der Waals surface area contributed by atoms with E-state index in [0.717, 1.165) is 11.3 Å². The number of aryl methyl sites for hydroxylation is 1. The molecule has 1 N–H and O–H groups in total. The zero-order valence-corrected chi connectivity index (χ0v) is 14.6. The molecule has 2 heterocycles. The number of pyridine rings is 1. The molecule has 1 aromatic carbocycles. The summed E-state index contributed by atoms with van der Waals surface area (Å²) in [6.07, 6.45) is 0.856. The van der Waals surface area contributed by atoms with Crippen LogP contribution in [0.4, 0.5) is 4.79 Å². The fourth-order valence-electron chi connectivity index (χ4n) is 2.35. The molecule has 2 aromatic rings. The average molecular weight is 359 g/mol. The van der Waals surface area contributed by atoms with Crippen LogP contribution < -0.4 is 10.1 Å². The van der Waals surface area contributed by atoms with Crippen LogP contribution >= 0.6 is 11.8 Å². The van der Waals surface area contributed by atoms with E-state index in [1.807, 2.05) is 0 Å². The molecule has 1 fully saturated rings. The van der Waals surface area contributed by atoms with Crippen LogP contribution in [0.15, 0.2) is 42.6 Å². The first-order valence-corrected chi connectivity index (χ1v) is 8.69. The Balaban J connectivity index is 1.51. The Kier molecular flexibility index (Phi) is 4.54. The number of ether oxygens (including phenoxy) is 1. The molecular formula is C19H20N2O3S. The lowest BCUT2D eigenvalue weighted by Crippen LogP contribution is -2.25. The molecule has 1 aromatic heterocycles. The van der Waals surface area contributed by atoms with Gasteiger partial charge >= 0.3 is 0 Å². The molecule has 6 heteroatoms. The monoisotopic (exact) mass is 359 g/mol. The van der Waals surface area contributed by atoms with E-state index in [2.05, 4.69) is 10.3 Å². The second kappa shape index (κ2) is 8.16. The summed E-state index contributed by atoms with van der Waals surface area (Å²) in [5, 5.41) is 0.129. The van der Waals surface area contributed by atoms with Crippen molar-refractivity contribution in [2.24, 2.45) is 0 Å². The van der Waals surface area contributed by atoms with Crippen molar-refractivity contribution in [1.82, 2.24) is 10.3 Å². The standard InChI is InChI=1S/C19H20N2O3S/c1-2-13-3-6-15(20-12-13)9-10-24-16-7-4-14(5-8-16)11-17-18(22)21-19(23)25-17/h3-8,12,17H,2,9-11H2,1H3,(H,21,22,23)/t17-/m0/s1/i2D2,17D. The van der Waals surface area contributed by atoms with Crippen molar-refractivity contribution < 1.29 is 18.4 Å². The quantitative estimate of drug-likeness (QED) is 0.822. The minimum atomic E-state index is -1.52. The molecule has 0 radical (unpaired) electrons. The Labute approximate surface area is 155 Å². The summed E-state index contributed by atoms with van der Waals surface area (Å²) in [6, 6.07) is 10.6. The predicted molar refractivity (Wildman–Crippen MR) is 97.9 cm³/mol. The Hall–Kier alpha value is -2.34. The average Bonchev–Trinajstić information content (AvgIpc) is 2.88. The van der Waals surface area contributed by atoms with Crippen LogP contribution in [0.25, 0.3) is 0 Å². The summed E-state index contributed by atoms with van der Waals surface area (Å²) in [7, 11) is 0. The summed E-state index contributed by atoms with van der Waals surface area (Å²) in [4.78, 5) is 27.3. The highest BCUT2D eigenvalue weighted by molar-refractivity contribution is 8.15. The number of hydrogen-bond acceptors (Lipinski definition) is 5. The Morgan fingerprint density at radius 2 is 2.00 bits per heavy atom. The molecule has 130 valence electrons. The number of amides is 2. The number of thioether (sulfide) groups is 1. The Morgan fingerprint density at radius 3 is 2.60 bits per heavy atom. The molecule has 0 aliphatic carbocycles. The summed E-state index contributed by atoms with van der Waals surface area (Å²) < 4.78 is 29.2. The first-order chi connectivity index (χ1) is 13.2. The molecular weight excluding hydrogens is 336 g/mol. The minimum Gasteiger partial charge on any atom is -0.493 e. The van der Waals surface area contributed by atoms with Crippen LogP contribution in [-0.2, 0) is 24.0 Å². The zero-order valence-electron chi connectivity index (χ0n) is 16.7. The summed E-state index contributed by atoms with van der Waals surface area (Å²) in [5.74, 6) is 0.0707. The summed E-state index contributed by atoms with van der Waals surface area (Å²) in [5.41, 5.74) is 2.12. The Morgan fingerprint density at radius 1 is 1.24 bits per heavy atom. The van der Waals surface area contributed by atoms with E-state index in [0.29, 0.717) is 36.1 Å². The number of imide groups is 1. The van der Waals surface area contributed by atoms with Crippen LogP contribution in [0.2, 0.25) is 0 Å². The number of rotatable bonds is 7. The van der Waals surface area contributed by atoms with Gasteiger partial charge in [-0.15, -0.1) is 0 Å². The van der Waals surface area contributed by atoms with Crippen molar-refractivity contribution in [1.29, 1.82) is 0 Å². The molecule has 0 spiro atoms. The van der Waals surface area contributed by atoms with E-state index in [4.69, 9.17) is 8.85 Å². The fraction of sp³-hybridized carbons (Fsp3) is 0.316. The van der Waals surface area contributed by atoms with E-state index in [9.17, 15) is 9.59 Å². The smallest absolute Gasteiger partial charge is 0.286 e. The van der Waals surface area contributed by atoms with Crippen molar-refractivity contribution in [2.45, 2.75) is 31.4 Å². The molecule has 1 aliphatic rings. The second-order valence-electron chi connectivity index (χ2n) is 5.47. The molecule has 0 saturated carbocycles. The van der Waals surface area contributed by atoms with Gasteiger partial charge in [0, 0.05) is 21.1 Å². The van der Waals surface area contributed by atoms with Crippen molar-refractivity contribution in [3.8, 4) is 5.75 Å². The highest BCUT2D eigenvalue weighted by Gasteiger charge is 2.31.